The van der Waals surface area contributed by atoms with Crippen LogP contribution in [0.4, 0.5) is 11.4 Å². The molecule has 2 aromatic heterocycles. The largest absolute Gasteiger partial charge is 0.490 e. The van der Waals surface area contributed by atoms with Crippen LogP contribution >= 0.6 is 11.6 Å². The summed E-state index contributed by atoms with van der Waals surface area (Å²) in [7, 11) is 1.34. The Kier molecular flexibility index (Phi) is 4.28. The van der Waals surface area contributed by atoms with E-state index in [1.54, 1.807) is 29.7 Å². The van der Waals surface area contributed by atoms with E-state index in [9.17, 15) is 14.9 Å². The number of nitro groups is 1. The molecule has 0 radical (unpaired) electrons. The summed E-state index contributed by atoms with van der Waals surface area (Å²) in [5, 5.41) is 14.2. The van der Waals surface area contributed by atoms with Gasteiger partial charge in [0.05, 0.1) is 22.7 Å². The first-order chi connectivity index (χ1) is 11.9. The Balaban J connectivity index is 1.98. The highest BCUT2D eigenvalue weighted by Crippen LogP contribution is 2.30. The molecule has 0 spiro atoms. The van der Waals surface area contributed by atoms with Gasteiger partial charge >= 0.3 is 5.69 Å². The topological polar surface area (TPSA) is 98.8 Å². The van der Waals surface area contributed by atoms with E-state index in [4.69, 9.17) is 16.3 Å². The van der Waals surface area contributed by atoms with Gasteiger partial charge in [-0.15, -0.1) is 0 Å². The number of fused-ring (bicyclic) bond motifs is 1. The summed E-state index contributed by atoms with van der Waals surface area (Å²) in [6, 6.07) is 7.56. The van der Waals surface area contributed by atoms with Crippen molar-refractivity contribution < 1.29 is 14.5 Å². The monoisotopic (exact) mass is 360 g/mol. The molecule has 0 saturated heterocycles. The van der Waals surface area contributed by atoms with Gasteiger partial charge in [-0.05, 0) is 31.2 Å². The minimum absolute atomic E-state index is 0.112. The quantitative estimate of drug-likeness (QED) is 0.567. The van der Waals surface area contributed by atoms with Crippen LogP contribution in [0.15, 0.2) is 36.5 Å². The van der Waals surface area contributed by atoms with Gasteiger partial charge in [-0.3, -0.25) is 19.3 Å². The maximum atomic E-state index is 12.6. The molecule has 0 atom stereocenters. The number of methoxy groups -OCH3 is 1. The van der Waals surface area contributed by atoms with Crippen LogP contribution in [-0.2, 0) is 0 Å². The summed E-state index contributed by atoms with van der Waals surface area (Å²) in [6.07, 6.45) is 1.59. The maximum Gasteiger partial charge on any atom is 0.312 e. The summed E-state index contributed by atoms with van der Waals surface area (Å²) in [6.45, 7) is 1.70. The van der Waals surface area contributed by atoms with Gasteiger partial charge in [0.1, 0.15) is 11.3 Å². The molecule has 1 N–H and O–H groups in total. The van der Waals surface area contributed by atoms with E-state index in [1.165, 1.54) is 25.3 Å². The molecule has 0 aliphatic heterocycles. The normalized spacial score (nSPS) is 10.7. The number of carbonyl (C=O) groups is 1. The number of carbonyl (C=O) groups excluding carboxylic acids is 1. The number of benzene rings is 1. The maximum absolute atomic E-state index is 12.6. The van der Waals surface area contributed by atoms with Gasteiger partial charge < -0.3 is 10.1 Å². The number of hydrogen-bond donors (Lipinski definition) is 1. The van der Waals surface area contributed by atoms with Crippen LogP contribution in [0.1, 0.15) is 16.2 Å². The molecule has 0 saturated carbocycles. The number of hydrogen-bond acceptors (Lipinski definition) is 5. The van der Waals surface area contributed by atoms with Gasteiger partial charge in [-0.2, -0.15) is 0 Å². The molecule has 0 aliphatic rings. The van der Waals surface area contributed by atoms with Crippen LogP contribution in [0.3, 0.4) is 0 Å². The van der Waals surface area contributed by atoms with Crippen LogP contribution in [0.5, 0.6) is 5.75 Å². The summed E-state index contributed by atoms with van der Waals surface area (Å²) in [5.74, 6) is -0.340. The Morgan fingerprint density at radius 1 is 1.36 bits per heavy atom. The second-order valence-corrected chi connectivity index (χ2v) is 5.66. The standard InChI is InChI=1S/C16H13ClN4O4/c1-9-15(20-8-10(17)3-6-14(20)18-9)16(22)19-11-4-5-13(25-2)12(7-11)21(23)24/h3-8H,1-2H3,(H,19,22). The number of aryl methyl sites for hydroxylation is 1. The molecule has 0 aliphatic carbocycles. The molecular formula is C16H13ClN4O4. The van der Waals surface area contributed by atoms with E-state index < -0.39 is 10.8 Å². The average Bonchev–Trinajstić information content (AvgIpc) is 2.89. The minimum atomic E-state index is -0.576. The van der Waals surface area contributed by atoms with Crippen molar-refractivity contribution in [2.24, 2.45) is 0 Å². The van der Waals surface area contributed by atoms with E-state index in [2.05, 4.69) is 10.3 Å². The Morgan fingerprint density at radius 3 is 2.80 bits per heavy atom. The number of pyridine rings is 1. The smallest absolute Gasteiger partial charge is 0.312 e. The molecule has 0 bridgehead atoms. The lowest BCUT2D eigenvalue weighted by Gasteiger charge is -2.08. The number of rotatable bonds is 4. The third-order valence-electron chi connectivity index (χ3n) is 3.61. The van der Waals surface area contributed by atoms with Gasteiger partial charge in [0, 0.05) is 18.0 Å². The van der Waals surface area contributed by atoms with Crippen LogP contribution in [-0.4, -0.2) is 27.3 Å². The van der Waals surface area contributed by atoms with Crippen LogP contribution in [0.25, 0.3) is 5.65 Å². The molecule has 25 heavy (non-hydrogen) atoms. The zero-order chi connectivity index (χ0) is 18.1. The predicted molar refractivity (Wildman–Crippen MR) is 92.5 cm³/mol. The van der Waals surface area contributed by atoms with Crippen molar-refractivity contribution in [3.8, 4) is 5.75 Å². The molecular weight excluding hydrogens is 348 g/mol. The number of nitrogens with zero attached hydrogens (tertiary/aromatic N) is 3. The number of halogens is 1. The number of anilines is 1. The molecule has 0 fully saturated rings. The van der Waals surface area contributed by atoms with E-state index >= 15 is 0 Å². The predicted octanol–water partition coefficient (Wildman–Crippen LogP) is 3.47. The highest BCUT2D eigenvalue weighted by atomic mass is 35.5. The Bertz CT molecular complexity index is 999. The SMILES string of the molecule is COc1ccc(NC(=O)c2c(C)nc3ccc(Cl)cn23)cc1[N+](=O)[O-]. The number of amides is 1. The third kappa shape index (κ3) is 3.11. The number of nitro benzene ring substituents is 1. The molecule has 1 amide bonds. The van der Waals surface area contributed by atoms with Gasteiger partial charge in [0.15, 0.2) is 5.75 Å². The first-order valence-electron chi connectivity index (χ1n) is 7.18. The fraction of sp³-hybridized carbons (Fsp3) is 0.125. The van der Waals surface area contributed by atoms with E-state index in [0.29, 0.717) is 22.1 Å². The van der Waals surface area contributed by atoms with Crippen LogP contribution in [0, 0.1) is 17.0 Å². The van der Waals surface area contributed by atoms with Crippen molar-refractivity contribution >= 4 is 34.5 Å². The second-order valence-electron chi connectivity index (χ2n) is 5.22. The highest BCUT2D eigenvalue weighted by molar-refractivity contribution is 6.30. The first kappa shape index (κ1) is 16.7. The summed E-state index contributed by atoms with van der Waals surface area (Å²) >= 11 is 5.98. The van der Waals surface area contributed by atoms with E-state index in [1.807, 2.05) is 0 Å². The summed E-state index contributed by atoms with van der Waals surface area (Å²) in [4.78, 5) is 27.5. The summed E-state index contributed by atoms with van der Waals surface area (Å²) in [5.41, 5.74) is 1.43. The molecule has 2 heterocycles. The Hall–Kier alpha value is -3.13. The zero-order valence-electron chi connectivity index (χ0n) is 13.3. The Labute approximate surface area is 147 Å². The lowest BCUT2D eigenvalue weighted by Crippen LogP contribution is -2.15. The van der Waals surface area contributed by atoms with Crippen molar-refractivity contribution in [1.29, 1.82) is 0 Å². The fourth-order valence-corrected chi connectivity index (χ4v) is 2.67. The fourth-order valence-electron chi connectivity index (χ4n) is 2.51. The lowest BCUT2D eigenvalue weighted by atomic mass is 10.2. The van der Waals surface area contributed by atoms with Gasteiger partial charge in [-0.1, -0.05) is 11.6 Å². The van der Waals surface area contributed by atoms with Crippen molar-refractivity contribution in [2.45, 2.75) is 6.92 Å². The van der Waals surface area contributed by atoms with Crippen molar-refractivity contribution in [1.82, 2.24) is 9.38 Å². The molecule has 8 nitrogen and oxygen atoms in total. The van der Waals surface area contributed by atoms with Gasteiger partial charge in [-0.25, -0.2) is 4.98 Å². The highest BCUT2D eigenvalue weighted by Gasteiger charge is 2.20. The van der Waals surface area contributed by atoms with Crippen LogP contribution in [0.2, 0.25) is 5.02 Å². The summed E-state index contributed by atoms with van der Waals surface area (Å²) < 4.78 is 6.52. The van der Waals surface area contributed by atoms with E-state index in [-0.39, 0.29) is 17.1 Å². The van der Waals surface area contributed by atoms with E-state index in [0.717, 1.165) is 0 Å². The lowest BCUT2D eigenvalue weighted by molar-refractivity contribution is -0.385. The number of nitrogens with one attached hydrogen (secondary N) is 1. The molecule has 3 rings (SSSR count). The molecule has 0 unspecified atom stereocenters. The average molecular weight is 361 g/mol. The third-order valence-corrected chi connectivity index (χ3v) is 3.83. The second kappa shape index (κ2) is 6.40. The molecule has 128 valence electrons. The molecule has 3 aromatic rings. The Morgan fingerprint density at radius 2 is 2.12 bits per heavy atom. The zero-order valence-corrected chi connectivity index (χ0v) is 14.1. The van der Waals surface area contributed by atoms with Gasteiger partial charge in [0.25, 0.3) is 5.91 Å². The molecule has 1 aromatic carbocycles. The van der Waals surface area contributed by atoms with Crippen molar-refractivity contribution in [3.05, 3.63) is 63.1 Å². The van der Waals surface area contributed by atoms with Gasteiger partial charge in [0.2, 0.25) is 0 Å². The van der Waals surface area contributed by atoms with Crippen molar-refractivity contribution in [2.75, 3.05) is 12.4 Å². The first-order valence-corrected chi connectivity index (χ1v) is 7.56. The van der Waals surface area contributed by atoms with Crippen molar-refractivity contribution in [3.63, 3.8) is 0 Å². The minimum Gasteiger partial charge on any atom is -0.490 e. The number of ether oxygens (including phenoxy) is 1. The molecule has 9 heteroatoms. The van der Waals surface area contributed by atoms with Crippen LogP contribution < -0.4 is 10.1 Å². The number of aromatic nitrogens is 2. The number of imidazole rings is 1.